The van der Waals surface area contributed by atoms with Crippen LogP contribution in [0.25, 0.3) is 0 Å². The molecule has 2 atom stereocenters. The standard InChI is InChI=1S/C24H30N4O/c1-23(2,3)22(29)27-15-16-11-7-8-12-17(16)21-20(18-13-9-10-14-19(18)27)25-26-28(21)24(4,5)6/h7-14,20-21H,15H2,1-6H3/p+1. The van der Waals surface area contributed by atoms with Crippen molar-refractivity contribution in [3.05, 3.63) is 65.2 Å². The Hall–Kier alpha value is -2.69. The summed E-state index contributed by atoms with van der Waals surface area (Å²) in [6.07, 6.45) is 0. The molecule has 0 saturated carbocycles. The molecule has 2 unspecified atom stereocenters. The van der Waals surface area contributed by atoms with E-state index in [0.29, 0.717) is 6.54 Å². The van der Waals surface area contributed by atoms with Crippen LogP contribution in [0.1, 0.15) is 70.3 Å². The van der Waals surface area contributed by atoms with Gasteiger partial charge in [0.05, 0.1) is 17.5 Å². The quantitative estimate of drug-likeness (QED) is 0.632. The van der Waals surface area contributed by atoms with Crippen LogP contribution in [0.3, 0.4) is 0 Å². The summed E-state index contributed by atoms with van der Waals surface area (Å²) in [5, 5.41) is 4.73. The number of carbonyl (C=O) groups excluding carboxylic acids is 1. The smallest absolute Gasteiger partial charge is 0.232 e. The monoisotopic (exact) mass is 391 g/mol. The fourth-order valence-corrected chi connectivity index (χ4v) is 4.32. The third kappa shape index (κ3) is 3.33. The molecule has 2 heterocycles. The highest BCUT2D eigenvalue weighted by Gasteiger charge is 2.48. The lowest BCUT2D eigenvalue weighted by atomic mass is 9.85. The van der Waals surface area contributed by atoms with Gasteiger partial charge in [0.25, 0.3) is 0 Å². The Morgan fingerprint density at radius 1 is 1.00 bits per heavy atom. The average Bonchev–Trinajstić information content (AvgIpc) is 3.09. The van der Waals surface area contributed by atoms with E-state index < -0.39 is 5.41 Å². The number of carbonyl (C=O) groups is 1. The number of para-hydroxylation sites is 1. The van der Waals surface area contributed by atoms with Gasteiger partial charge in [-0.25, -0.2) is 0 Å². The van der Waals surface area contributed by atoms with Crippen molar-refractivity contribution in [1.29, 1.82) is 0 Å². The molecule has 5 nitrogen and oxygen atoms in total. The number of nitrogens with one attached hydrogen (secondary N) is 1. The van der Waals surface area contributed by atoms with E-state index in [1.165, 1.54) is 11.1 Å². The molecule has 0 saturated heterocycles. The lowest BCUT2D eigenvalue weighted by molar-refractivity contribution is -0.683. The Balaban J connectivity index is 1.94. The first-order valence-electron chi connectivity index (χ1n) is 10.3. The van der Waals surface area contributed by atoms with Gasteiger partial charge in [0.2, 0.25) is 5.91 Å². The van der Waals surface area contributed by atoms with Gasteiger partial charge in [-0.05, 0) is 32.4 Å². The molecule has 4 rings (SSSR count). The summed E-state index contributed by atoms with van der Waals surface area (Å²) in [5.41, 5.74) is 7.27. The van der Waals surface area contributed by atoms with E-state index in [-0.39, 0.29) is 23.5 Å². The van der Waals surface area contributed by atoms with E-state index in [9.17, 15) is 4.79 Å². The lowest BCUT2D eigenvalue weighted by Crippen LogP contribution is -2.42. The second-order valence-corrected chi connectivity index (χ2v) is 10.1. The first-order chi connectivity index (χ1) is 13.6. The molecule has 2 aromatic rings. The normalized spacial score (nSPS) is 21.2. The molecular weight excluding hydrogens is 360 g/mol. The summed E-state index contributed by atoms with van der Waals surface area (Å²) >= 11 is 0. The molecule has 2 aliphatic rings. The Labute approximate surface area is 173 Å². The molecule has 0 radical (unpaired) electrons. The van der Waals surface area contributed by atoms with Crippen LogP contribution in [0.5, 0.6) is 0 Å². The van der Waals surface area contributed by atoms with Crippen LogP contribution in [0.15, 0.2) is 53.8 Å². The van der Waals surface area contributed by atoms with Gasteiger partial charge in [0, 0.05) is 16.5 Å². The third-order valence-corrected chi connectivity index (χ3v) is 5.72. The minimum atomic E-state index is -0.467. The second kappa shape index (κ2) is 6.68. The largest absolute Gasteiger partial charge is 0.307 e. The zero-order valence-electron chi connectivity index (χ0n) is 18.2. The molecule has 0 bridgehead atoms. The number of nitrogens with zero attached hydrogens (tertiary/aromatic N) is 3. The zero-order valence-corrected chi connectivity index (χ0v) is 18.2. The highest BCUT2D eigenvalue weighted by atomic mass is 16.2. The van der Waals surface area contributed by atoms with Crippen LogP contribution >= 0.6 is 0 Å². The molecule has 0 spiro atoms. The van der Waals surface area contributed by atoms with Crippen LogP contribution in [0, 0.1) is 5.41 Å². The van der Waals surface area contributed by atoms with E-state index >= 15 is 0 Å². The molecular formula is C24H31N4O+. The summed E-state index contributed by atoms with van der Waals surface area (Å²) < 4.78 is 2.18. The van der Waals surface area contributed by atoms with Crippen LogP contribution < -0.4 is 10.3 Å². The number of rotatable bonds is 0. The van der Waals surface area contributed by atoms with E-state index in [1.807, 2.05) is 37.8 Å². The van der Waals surface area contributed by atoms with Crippen molar-refractivity contribution in [3.8, 4) is 0 Å². The van der Waals surface area contributed by atoms with Gasteiger partial charge in [-0.1, -0.05) is 63.2 Å². The van der Waals surface area contributed by atoms with Crippen molar-refractivity contribution >= 4 is 11.6 Å². The van der Waals surface area contributed by atoms with Crippen molar-refractivity contribution in [1.82, 2.24) is 5.43 Å². The molecule has 1 N–H and O–H groups in total. The van der Waals surface area contributed by atoms with Crippen molar-refractivity contribution in [2.75, 3.05) is 4.90 Å². The van der Waals surface area contributed by atoms with Crippen molar-refractivity contribution in [2.45, 2.75) is 65.7 Å². The molecule has 2 aliphatic heterocycles. The number of amides is 1. The van der Waals surface area contributed by atoms with Gasteiger partial charge >= 0.3 is 0 Å². The molecule has 0 aliphatic carbocycles. The van der Waals surface area contributed by atoms with Crippen LogP contribution in [-0.2, 0) is 11.3 Å². The lowest BCUT2D eigenvalue weighted by Gasteiger charge is -2.35. The van der Waals surface area contributed by atoms with Crippen LogP contribution in [-0.4, -0.2) is 16.1 Å². The van der Waals surface area contributed by atoms with Gasteiger partial charge in [-0.15, -0.1) is 0 Å². The first-order valence-corrected chi connectivity index (χ1v) is 10.3. The van der Waals surface area contributed by atoms with Gasteiger partial charge < -0.3 is 4.90 Å². The van der Waals surface area contributed by atoms with Crippen molar-refractivity contribution in [2.24, 2.45) is 10.6 Å². The van der Waals surface area contributed by atoms with Gasteiger partial charge in [-0.3, -0.25) is 4.79 Å². The molecule has 152 valence electrons. The molecule has 5 heteroatoms. The summed E-state index contributed by atoms with van der Waals surface area (Å²) in [7, 11) is 0. The SMILES string of the molecule is CC(C)(C)C(=O)N1Cc2ccccc2C2C(NN=[N+]2C(C)(C)C)c2ccccc21. The Bertz CT molecular complexity index is 981. The van der Waals surface area contributed by atoms with E-state index in [4.69, 9.17) is 5.22 Å². The minimum Gasteiger partial charge on any atom is -0.307 e. The molecule has 0 aromatic heterocycles. The van der Waals surface area contributed by atoms with Crippen LogP contribution in [0.4, 0.5) is 5.69 Å². The predicted molar refractivity (Wildman–Crippen MR) is 115 cm³/mol. The maximum absolute atomic E-state index is 13.4. The topological polar surface area (TPSA) is 47.7 Å². The number of hydrogen-bond acceptors (Lipinski definition) is 3. The molecule has 29 heavy (non-hydrogen) atoms. The summed E-state index contributed by atoms with van der Waals surface area (Å²) in [6, 6.07) is 16.7. The number of hydrogen-bond donors (Lipinski definition) is 1. The van der Waals surface area contributed by atoms with Gasteiger partial charge in [0.15, 0.2) is 12.1 Å². The third-order valence-electron chi connectivity index (χ3n) is 5.72. The minimum absolute atomic E-state index is 0.0258. The highest BCUT2D eigenvalue weighted by molar-refractivity contribution is 5.97. The fraction of sp³-hybridized carbons (Fsp3) is 0.458. The summed E-state index contributed by atoms with van der Waals surface area (Å²) in [6.45, 7) is 13.1. The molecule has 1 amide bonds. The van der Waals surface area contributed by atoms with E-state index in [0.717, 1.165) is 11.3 Å². The van der Waals surface area contributed by atoms with Crippen molar-refractivity contribution < 1.29 is 9.49 Å². The Morgan fingerprint density at radius 2 is 1.62 bits per heavy atom. The molecule has 0 fully saturated rings. The van der Waals surface area contributed by atoms with Gasteiger partial charge in [0.1, 0.15) is 5.54 Å². The number of anilines is 1. The number of benzene rings is 2. The second-order valence-electron chi connectivity index (χ2n) is 10.1. The zero-order chi connectivity index (χ0) is 21.0. The predicted octanol–water partition coefficient (Wildman–Crippen LogP) is 5.14. The Morgan fingerprint density at radius 3 is 2.28 bits per heavy atom. The van der Waals surface area contributed by atoms with Gasteiger partial charge in [-0.2, -0.15) is 10.1 Å². The fourth-order valence-electron chi connectivity index (χ4n) is 4.32. The summed E-state index contributed by atoms with van der Waals surface area (Å²) in [5.74, 6) is 0.126. The first kappa shape index (κ1) is 19.6. The van der Waals surface area contributed by atoms with E-state index in [1.54, 1.807) is 0 Å². The highest BCUT2D eigenvalue weighted by Crippen LogP contribution is 2.45. The van der Waals surface area contributed by atoms with Crippen LogP contribution in [0.2, 0.25) is 0 Å². The average molecular weight is 392 g/mol. The number of fused-ring (bicyclic) bond motifs is 5. The maximum Gasteiger partial charge on any atom is 0.232 e. The molecule has 2 aromatic carbocycles. The van der Waals surface area contributed by atoms with E-state index in [2.05, 4.69) is 67.3 Å². The maximum atomic E-state index is 13.4. The van der Waals surface area contributed by atoms with Crippen molar-refractivity contribution in [3.63, 3.8) is 0 Å². The Kier molecular flexibility index (Phi) is 4.52. The summed E-state index contributed by atoms with van der Waals surface area (Å²) in [4.78, 5) is 15.4.